The lowest BCUT2D eigenvalue weighted by atomic mass is 10.6. The van der Waals surface area contributed by atoms with E-state index in [1.807, 2.05) is 0 Å². The van der Waals surface area contributed by atoms with Gasteiger partial charge in [-0.3, -0.25) is 0 Å². The zero-order valence-corrected chi connectivity index (χ0v) is 6.70. The molecule has 1 aromatic heterocycles. The molecule has 5 heteroatoms. The van der Waals surface area contributed by atoms with Crippen LogP contribution in [0, 0.1) is 18.5 Å². The first kappa shape index (κ1) is 9.52. The molecule has 13 heavy (non-hydrogen) atoms. The van der Waals surface area contributed by atoms with E-state index in [1.165, 1.54) is 6.07 Å². The van der Waals surface area contributed by atoms with E-state index in [-0.39, 0.29) is 12.5 Å². The Labute approximate surface area is 74.3 Å². The van der Waals surface area contributed by atoms with Crippen LogP contribution in [0.5, 0.6) is 5.88 Å². The van der Waals surface area contributed by atoms with Gasteiger partial charge >= 0.3 is 0 Å². The highest BCUT2D eigenvalue weighted by Crippen LogP contribution is 2.10. The largest absolute Gasteiger partial charge is 0.465 e. The Bertz CT molecular complexity index is 303. The molecule has 0 fully saturated rings. The number of terminal acetylenes is 1. The molecule has 0 spiro atoms. The molecule has 0 atom stereocenters. The van der Waals surface area contributed by atoms with E-state index >= 15 is 0 Å². The van der Waals surface area contributed by atoms with E-state index in [9.17, 15) is 8.78 Å². The molecule has 1 aromatic rings. The monoisotopic (exact) mass is 185 g/mol. The van der Waals surface area contributed by atoms with E-state index < -0.39 is 13.0 Å². The Morgan fingerprint density at radius 2 is 2.54 bits per heavy atom. The van der Waals surface area contributed by atoms with Gasteiger partial charge < -0.3 is 4.74 Å². The lowest BCUT2D eigenvalue weighted by Gasteiger charge is -2.05. The summed E-state index contributed by atoms with van der Waals surface area (Å²) in [5.41, 5.74) is 0. The van der Waals surface area contributed by atoms with Crippen LogP contribution >= 0.6 is 0 Å². The van der Waals surface area contributed by atoms with Gasteiger partial charge in [0.1, 0.15) is 12.7 Å². The molecule has 0 unspecified atom stereocenters. The molecule has 0 aliphatic rings. The Balaban J connectivity index is 2.61. The smallest absolute Gasteiger partial charge is 0.258 e. The molecule has 1 heterocycles. The number of hydrogen-bond donors (Lipinski definition) is 0. The molecule has 69 valence electrons. The molecule has 0 aliphatic heterocycles. The van der Waals surface area contributed by atoms with Crippen molar-refractivity contribution in [1.29, 1.82) is 0 Å². The summed E-state index contributed by atoms with van der Waals surface area (Å²) in [5, 5.41) is 3.53. The molecule has 0 aromatic carbocycles. The summed E-state index contributed by atoms with van der Waals surface area (Å²) in [6.07, 6.45) is 4.86. The second-order valence-corrected chi connectivity index (χ2v) is 2.18. The van der Waals surface area contributed by atoms with Crippen molar-refractivity contribution in [1.82, 2.24) is 9.78 Å². The number of ether oxygens (including phenoxy) is 1. The normalized spacial score (nSPS) is 10.0. The molecule has 0 N–H and O–H groups in total. The summed E-state index contributed by atoms with van der Waals surface area (Å²) in [4.78, 5) is 0. The van der Waals surface area contributed by atoms with E-state index in [2.05, 4.69) is 17.2 Å². The van der Waals surface area contributed by atoms with Crippen LogP contribution in [-0.4, -0.2) is 22.8 Å². The summed E-state index contributed by atoms with van der Waals surface area (Å²) < 4.78 is 29.8. The molecule has 0 bridgehead atoms. The summed E-state index contributed by atoms with van der Waals surface area (Å²) >= 11 is 0. The Kier molecular flexibility index (Phi) is 3.26. The van der Waals surface area contributed by atoms with Crippen molar-refractivity contribution in [3.8, 4) is 18.2 Å². The fraction of sp³-hybridized carbons (Fsp3) is 0.375. The highest BCUT2D eigenvalue weighted by molar-refractivity contribution is 5.07. The average molecular weight is 185 g/mol. The van der Waals surface area contributed by atoms with Crippen LogP contribution < -0.4 is 4.74 Å². The van der Waals surface area contributed by atoms with Crippen molar-refractivity contribution < 1.29 is 13.5 Å². The van der Waals surface area contributed by atoms with Gasteiger partial charge in [0.15, 0.2) is 6.61 Å². The number of alkyl halides is 2. The summed E-state index contributed by atoms with van der Waals surface area (Å²) in [6, 6.07) is 1.36. The van der Waals surface area contributed by atoms with E-state index in [0.717, 1.165) is 4.68 Å². The fourth-order valence-corrected chi connectivity index (χ4v) is 0.771. The predicted octanol–water partition coefficient (Wildman–Crippen LogP) is 0.960. The maximum Gasteiger partial charge on any atom is 0.258 e. The lowest BCUT2D eigenvalue weighted by Crippen LogP contribution is -2.10. The summed E-state index contributed by atoms with van der Waals surface area (Å²) in [5.74, 6) is 2.43. The molecular weight excluding hydrogens is 178 g/mol. The highest BCUT2D eigenvalue weighted by atomic mass is 19.3. The first-order valence-corrected chi connectivity index (χ1v) is 3.52. The number of hydrogen-bond acceptors (Lipinski definition) is 2. The average Bonchev–Trinajstić information content (AvgIpc) is 2.48. The quantitative estimate of drug-likeness (QED) is 0.653. The van der Waals surface area contributed by atoms with Crippen LogP contribution in [0.1, 0.15) is 0 Å². The molecule has 0 amide bonds. The van der Waals surface area contributed by atoms with Crippen molar-refractivity contribution in [2.75, 3.05) is 6.61 Å². The van der Waals surface area contributed by atoms with Gasteiger partial charge in [-0.15, -0.1) is 6.42 Å². The molecule has 1 rings (SSSR count). The van der Waals surface area contributed by atoms with Gasteiger partial charge in [0.05, 0.1) is 0 Å². The second-order valence-electron chi connectivity index (χ2n) is 2.18. The Morgan fingerprint density at radius 1 is 1.77 bits per heavy atom. The van der Waals surface area contributed by atoms with Gasteiger partial charge in [0.25, 0.3) is 6.43 Å². The van der Waals surface area contributed by atoms with Crippen LogP contribution in [0.4, 0.5) is 8.78 Å². The minimum atomic E-state index is -2.47. The van der Waals surface area contributed by atoms with Crippen LogP contribution in [0.2, 0.25) is 0 Å². The van der Waals surface area contributed by atoms with Crippen molar-refractivity contribution in [2.24, 2.45) is 0 Å². The number of rotatable bonds is 4. The molecule has 1 radical (unpaired) electrons. The van der Waals surface area contributed by atoms with Gasteiger partial charge in [0.2, 0.25) is 5.88 Å². The maximum atomic E-state index is 11.9. The van der Waals surface area contributed by atoms with Gasteiger partial charge in [-0.2, -0.15) is 5.10 Å². The minimum Gasteiger partial charge on any atom is -0.465 e. The zero-order chi connectivity index (χ0) is 9.68. The van der Waals surface area contributed by atoms with Gasteiger partial charge in [0, 0.05) is 6.07 Å². The highest BCUT2D eigenvalue weighted by Gasteiger charge is 2.09. The molecule has 0 aliphatic carbocycles. The SMILES string of the molecule is C#CCOc1c[c]nn1CC(F)F. The number of halogens is 2. The van der Waals surface area contributed by atoms with Crippen molar-refractivity contribution >= 4 is 0 Å². The summed E-state index contributed by atoms with van der Waals surface area (Å²) in [6.45, 7) is -0.480. The van der Waals surface area contributed by atoms with Crippen LogP contribution in [0.25, 0.3) is 0 Å². The van der Waals surface area contributed by atoms with Crippen LogP contribution in [0.3, 0.4) is 0 Å². The molecule has 0 saturated heterocycles. The predicted molar refractivity (Wildman–Crippen MR) is 41.4 cm³/mol. The maximum absolute atomic E-state index is 11.9. The van der Waals surface area contributed by atoms with Crippen LogP contribution in [0.15, 0.2) is 6.07 Å². The zero-order valence-electron chi connectivity index (χ0n) is 6.70. The molecular formula is C8H7F2N2O. The second kappa shape index (κ2) is 4.45. The first-order valence-electron chi connectivity index (χ1n) is 3.52. The third-order valence-electron chi connectivity index (χ3n) is 1.24. The molecule has 3 nitrogen and oxygen atoms in total. The van der Waals surface area contributed by atoms with E-state index in [4.69, 9.17) is 11.2 Å². The first-order chi connectivity index (χ1) is 6.24. The molecule has 0 saturated carbocycles. The van der Waals surface area contributed by atoms with E-state index in [0.29, 0.717) is 0 Å². The minimum absolute atomic E-state index is 0.0305. The van der Waals surface area contributed by atoms with E-state index in [1.54, 1.807) is 0 Å². The van der Waals surface area contributed by atoms with Gasteiger partial charge in [-0.25, -0.2) is 13.5 Å². The van der Waals surface area contributed by atoms with Gasteiger partial charge in [-0.05, 0) is 0 Å². The Morgan fingerprint density at radius 3 is 3.15 bits per heavy atom. The van der Waals surface area contributed by atoms with Gasteiger partial charge in [-0.1, -0.05) is 5.92 Å². The van der Waals surface area contributed by atoms with Crippen LogP contribution in [-0.2, 0) is 6.54 Å². The Hall–Kier alpha value is -1.57. The lowest BCUT2D eigenvalue weighted by molar-refractivity contribution is 0.116. The van der Waals surface area contributed by atoms with Crippen molar-refractivity contribution in [3.05, 3.63) is 12.3 Å². The third kappa shape index (κ3) is 2.75. The summed E-state index contributed by atoms with van der Waals surface area (Å²) in [7, 11) is 0. The number of nitrogens with zero attached hydrogens (tertiary/aromatic N) is 2. The standard InChI is InChI=1S/C8H7F2N2O/c1-2-5-13-8-3-4-11-12(8)6-7(9)10/h1,3,7H,5-6H2. The van der Waals surface area contributed by atoms with Crippen molar-refractivity contribution in [2.45, 2.75) is 13.0 Å². The number of aromatic nitrogens is 2. The third-order valence-corrected chi connectivity index (χ3v) is 1.24. The van der Waals surface area contributed by atoms with Crippen molar-refractivity contribution in [3.63, 3.8) is 0 Å². The fourth-order valence-electron chi connectivity index (χ4n) is 0.771. The topological polar surface area (TPSA) is 27.1 Å².